The summed E-state index contributed by atoms with van der Waals surface area (Å²) in [6.07, 6.45) is 4.34. The third-order valence-corrected chi connectivity index (χ3v) is 4.85. The van der Waals surface area contributed by atoms with Gasteiger partial charge >= 0.3 is 5.97 Å². The molecule has 2 N–H and O–H groups in total. The van der Waals surface area contributed by atoms with Crippen LogP contribution in [0.4, 0.5) is 5.82 Å². The zero-order valence-electron chi connectivity index (χ0n) is 11.2. The fourth-order valence-electron chi connectivity index (χ4n) is 2.45. The number of carboxylic acid groups (broad SMARTS) is 1. The number of carboxylic acids is 1. The maximum Gasteiger partial charge on any atom is 0.306 e. The Morgan fingerprint density at radius 3 is 2.75 bits per heavy atom. The maximum atomic E-state index is 12.2. The highest BCUT2D eigenvalue weighted by Gasteiger charge is 2.31. The largest absolute Gasteiger partial charge is 0.481 e. The van der Waals surface area contributed by atoms with Gasteiger partial charge in [-0.1, -0.05) is 6.42 Å². The smallest absolute Gasteiger partial charge is 0.306 e. The first kappa shape index (κ1) is 15.2. The number of hydrogen-bond acceptors (Lipinski definition) is 3. The van der Waals surface area contributed by atoms with Crippen molar-refractivity contribution in [1.29, 1.82) is 0 Å². The Kier molecular flexibility index (Phi) is 4.95. The van der Waals surface area contributed by atoms with Crippen molar-refractivity contribution in [3.05, 3.63) is 21.4 Å². The van der Waals surface area contributed by atoms with Gasteiger partial charge in [0, 0.05) is 15.7 Å². The molecule has 5 nitrogen and oxygen atoms in total. The van der Waals surface area contributed by atoms with Gasteiger partial charge in [-0.25, -0.2) is 4.98 Å². The average molecular weight is 388 g/mol. The SMILES string of the molecule is Cc1cnc(NC(=O)[C@H]2CCC[C@@H](C(=O)O)C2)cc1I. The number of anilines is 1. The second-order valence-corrected chi connectivity index (χ2v) is 6.37. The number of aliphatic carboxylic acids is 1. The number of hydrogen-bond donors (Lipinski definition) is 2. The summed E-state index contributed by atoms with van der Waals surface area (Å²) in [5.41, 5.74) is 1.06. The van der Waals surface area contributed by atoms with Crippen molar-refractivity contribution in [3.63, 3.8) is 0 Å². The second kappa shape index (κ2) is 6.51. The molecule has 108 valence electrons. The molecule has 1 heterocycles. The lowest BCUT2D eigenvalue weighted by Gasteiger charge is -2.25. The van der Waals surface area contributed by atoms with E-state index in [9.17, 15) is 9.59 Å². The van der Waals surface area contributed by atoms with Crippen molar-refractivity contribution in [2.75, 3.05) is 5.32 Å². The first-order valence-corrected chi connectivity index (χ1v) is 7.71. The molecule has 2 rings (SSSR count). The molecule has 0 spiro atoms. The number of amides is 1. The minimum atomic E-state index is -0.800. The molecule has 1 aliphatic rings. The number of aryl methyl sites for hydroxylation is 1. The van der Waals surface area contributed by atoms with Crippen LogP contribution in [0.3, 0.4) is 0 Å². The zero-order chi connectivity index (χ0) is 14.7. The molecule has 1 aliphatic carbocycles. The molecule has 1 aromatic heterocycles. The van der Waals surface area contributed by atoms with Crippen LogP contribution < -0.4 is 5.32 Å². The fraction of sp³-hybridized carbons (Fsp3) is 0.500. The van der Waals surface area contributed by atoms with Crippen molar-refractivity contribution >= 4 is 40.3 Å². The van der Waals surface area contributed by atoms with E-state index >= 15 is 0 Å². The van der Waals surface area contributed by atoms with Crippen molar-refractivity contribution in [3.8, 4) is 0 Å². The van der Waals surface area contributed by atoms with Gasteiger partial charge in [0.05, 0.1) is 5.92 Å². The van der Waals surface area contributed by atoms with Crippen LogP contribution in [-0.4, -0.2) is 22.0 Å². The molecular weight excluding hydrogens is 371 g/mol. The summed E-state index contributed by atoms with van der Waals surface area (Å²) < 4.78 is 1.04. The lowest BCUT2D eigenvalue weighted by molar-refractivity contribution is -0.143. The van der Waals surface area contributed by atoms with Crippen LogP contribution in [0.1, 0.15) is 31.2 Å². The lowest BCUT2D eigenvalue weighted by atomic mass is 9.81. The van der Waals surface area contributed by atoms with E-state index in [0.29, 0.717) is 18.7 Å². The van der Waals surface area contributed by atoms with Gasteiger partial charge in [0.2, 0.25) is 5.91 Å². The quantitative estimate of drug-likeness (QED) is 0.781. The molecule has 0 bridgehead atoms. The topological polar surface area (TPSA) is 79.3 Å². The van der Waals surface area contributed by atoms with E-state index in [-0.39, 0.29) is 11.8 Å². The van der Waals surface area contributed by atoms with Crippen LogP contribution in [-0.2, 0) is 9.59 Å². The Labute approximate surface area is 131 Å². The van der Waals surface area contributed by atoms with E-state index in [1.54, 1.807) is 6.20 Å². The number of rotatable bonds is 3. The summed E-state index contributed by atoms with van der Waals surface area (Å²) in [7, 11) is 0. The molecule has 6 heteroatoms. The Bertz CT molecular complexity index is 533. The third kappa shape index (κ3) is 3.68. The normalized spacial score (nSPS) is 22.3. The number of carbonyl (C=O) groups is 2. The summed E-state index contributed by atoms with van der Waals surface area (Å²) in [4.78, 5) is 27.4. The Morgan fingerprint density at radius 1 is 1.40 bits per heavy atom. The summed E-state index contributed by atoms with van der Waals surface area (Å²) in [6, 6.07) is 1.82. The summed E-state index contributed by atoms with van der Waals surface area (Å²) in [5.74, 6) is -1.02. The van der Waals surface area contributed by atoms with Crippen LogP contribution in [0.2, 0.25) is 0 Å². The summed E-state index contributed by atoms with van der Waals surface area (Å²) in [6.45, 7) is 1.96. The molecule has 1 saturated carbocycles. The minimum absolute atomic E-state index is 0.122. The van der Waals surface area contributed by atoms with Crippen LogP contribution in [0.25, 0.3) is 0 Å². The molecule has 1 fully saturated rings. The lowest BCUT2D eigenvalue weighted by Crippen LogP contribution is -2.31. The van der Waals surface area contributed by atoms with Gasteiger partial charge in [-0.2, -0.15) is 0 Å². The molecule has 0 aromatic carbocycles. The standard InChI is InChI=1S/C14H17IN2O3/c1-8-7-16-12(6-11(8)15)17-13(18)9-3-2-4-10(5-9)14(19)20/h6-7,9-10H,2-5H2,1H3,(H,19,20)(H,16,17,18)/t9-,10+/m0/s1. The number of pyridine rings is 1. The predicted molar refractivity (Wildman–Crippen MR) is 83.4 cm³/mol. The van der Waals surface area contributed by atoms with Crippen molar-refractivity contribution in [2.45, 2.75) is 32.6 Å². The van der Waals surface area contributed by atoms with Gasteiger partial charge in [0.15, 0.2) is 0 Å². The van der Waals surface area contributed by atoms with Gasteiger partial charge in [-0.15, -0.1) is 0 Å². The van der Waals surface area contributed by atoms with E-state index in [1.165, 1.54) is 0 Å². The highest BCUT2D eigenvalue weighted by Crippen LogP contribution is 2.30. The molecule has 0 unspecified atom stereocenters. The monoisotopic (exact) mass is 388 g/mol. The summed E-state index contributed by atoms with van der Waals surface area (Å²) >= 11 is 2.19. The first-order valence-electron chi connectivity index (χ1n) is 6.63. The molecule has 2 atom stereocenters. The van der Waals surface area contributed by atoms with E-state index in [0.717, 1.165) is 22.0 Å². The van der Waals surface area contributed by atoms with Gasteiger partial charge in [0.25, 0.3) is 0 Å². The summed E-state index contributed by atoms with van der Waals surface area (Å²) in [5, 5.41) is 11.8. The van der Waals surface area contributed by atoms with Crippen LogP contribution in [0, 0.1) is 22.3 Å². The molecule has 1 aromatic rings. The van der Waals surface area contributed by atoms with Crippen molar-refractivity contribution in [1.82, 2.24) is 4.98 Å². The number of carbonyl (C=O) groups excluding carboxylic acids is 1. The highest BCUT2D eigenvalue weighted by atomic mass is 127. The van der Waals surface area contributed by atoms with Crippen LogP contribution in [0.15, 0.2) is 12.3 Å². The minimum Gasteiger partial charge on any atom is -0.481 e. The van der Waals surface area contributed by atoms with Gasteiger partial charge in [-0.3, -0.25) is 9.59 Å². The zero-order valence-corrected chi connectivity index (χ0v) is 13.4. The van der Waals surface area contributed by atoms with Crippen LogP contribution >= 0.6 is 22.6 Å². The molecule has 0 saturated heterocycles. The number of halogens is 1. The number of nitrogens with one attached hydrogen (secondary N) is 1. The van der Waals surface area contributed by atoms with E-state index in [2.05, 4.69) is 32.9 Å². The van der Waals surface area contributed by atoms with E-state index in [4.69, 9.17) is 5.11 Å². The maximum absolute atomic E-state index is 12.2. The van der Waals surface area contributed by atoms with Gasteiger partial charge in [-0.05, 0) is 60.4 Å². The third-order valence-electron chi connectivity index (χ3n) is 3.68. The van der Waals surface area contributed by atoms with E-state index < -0.39 is 11.9 Å². The Morgan fingerprint density at radius 2 is 2.10 bits per heavy atom. The molecule has 1 amide bonds. The van der Waals surface area contributed by atoms with E-state index in [1.807, 2.05) is 13.0 Å². The average Bonchev–Trinajstić information content (AvgIpc) is 2.43. The van der Waals surface area contributed by atoms with Crippen LogP contribution in [0.5, 0.6) is 0 Å². The molecule has 0 radical (unpaired) electrons. The Balaban J connectivity index is 2.00. The fourth-order valence-corrected chi connectivity index (χ4v) is 2.88. The Hall–Kier alpha value is -1.18. The number of aromatic nitrogens is 1. The highest BCUT2D eigenvalue weighted by molar-refractivity contribution is 14.1. The van der Waals surface area contributed by atoms with Crippen molar-refractivity contribution in [2.24, 2.45) is 11.8 Å². The molecular formula is C14H17IN2O3. The van der Waals surface area contributed by atoms with Crippen molar-refractivity contribution < 1.29 is 14.7 Å². The first-order chi connectivity index (χ1) is 9.47. The van der Waals surface area contributed by atoms with Gasteiger partial charge < -0.3 is 10.4 Å². The molecule has 20 heavy (non-hydrogen) atoms. The predicted octanol–water partition coefficient (Wildman–Crippen LogP) is 2.82. The second-order valence-electron chi connectivity index (χ2n) is 5.21. The van der Waals surface area contributed by atoms with Gasteiger partial charge in [0.1, 0.15) is 5.82 Å². The molecule has 0 aliphatic heterocycles. The number of nitrogens with zero attached hydrogens (tertiary/aromatic N) is 1.